The number of imide groups is 1. The van der Waals surface area contributed by atoms with Crippen LogP contribution in [0.3, 0.4) is 0 Å². The van der Waals surface area contributed by atoms with Crippen molar-refractivity contribution in [2.75, 3.05) is 12.0 Å². The van der Waals surface area contributed by atoms with Crippen LogP contribution >= 0.6 is 11.8 Å². The van der Waals surface area contributed by atoms with Gasteiger partial charge in [-0.2, -0.15) is 0 Å². The van der Waals surface area contributed by atoms with E-state index in [0.717, 1.165) is 0 Å². The standard InChI is InChI=1S/C15H17NO4S/c1-9(2)21-12-8-13(17)16(14(12)18)11-6-4-10(5-7-11)15(19)20-3/h4-7,9,12H,8H2,1-3H3. The normalized spacial score (nSPS) is 18.5. The minimum atomic E-state index is -0.450. The lowest BCUT2D eigenvalue weighted by atomic mass is 10.2. The first kappa shape index (κ1) is 15.6. The van der Waals surface area contributed by atoms with Gasteiger partial charge in [-0.1, -0.05) is 13.8 Å². The number of ether oxygens (including phenoxy) is 1. The Morgan fingerprint density at radius 2 is 1.90 bits per heavy atom. The molecule has 0 spiro atoms. The number of hydrogen-bond donors (Lipinski definition) is 0. The van der Waals surface area contributed by atoms with Crippen LogP contribution in [-0.4, -0.2) is 35.4 Å². The van der Waals surface area contributed by atoms with Crippen molar-refractivity contribution in [3.8, 4) is 0 Å². The molecular formula is C15H17NO4S. The van der Waals surface area contributed by atoms with Crippen molar-refractivity contribution in [3.05, 3.63) is 29.8 Å². The van der Waals surface area contributed by atoms with Crippen LogP contribution in [0.15, 0.2) is 24.3 Å². The molecule has 2 amide bonds. The van der Waals surface area contributed by atoms with E-state index in [1.54, 1.807) is 24.3 Å². The lowest BCUT2D eigenvalue weighted by Crippen LogP contribution is -2.31. The summed E-state index contributed by atoms with van der Waals surface area (Å²) in [7, 11) is 1.30. The molecule has 1 aliphatic rings. The molecule has 0 radical (unpaired) electrons. The lowest BCUT2D eigenvalue weighted by Gasteiger charge is -2.16. The quantitative estimate of drug-likeness (QED) is 0.630. The molecular weight excluding hydrogens is 290 g/mol. The molecule has 1 aromatic rings. The third-order valence-electron chi connectivity index (χ3n) is 3.09. The van der Waals surface area contributed by atoms with Crippen molar-refractivity contribution in [3.63, 3.8) is 0 Å². The molecule has 0 bridgehead atoms. The van der Waals surface area contributed by atoms with Gasteiger partial charge in [0.2, 0.25) is 11.8 Å². The van der Waals surface area contributed by atoms with Gasteiger partial charge in [-0.25, -0.2) is 9.69 Å². The van der Waals surface area contributed by atoms with E-state index in [1.807, 2.05) is 13.8 Å². The average molecular weight is 307 g/mol. The van der Waals surface area contributed by atoms with Gasteiger partial charge in [0.15, 0.2) is 0 Å². The van der Waals surface area contributed by atoms with E-state index < -0.39 is 5.97 Å². The maximum atomic E-state index is 12.3. The van der Waals surface area contributed by atoms with Crippen LogP contribution in [0.25, 0.3) is 0 Å². The molecule has 1 heterocycles. The lowest BCUT2D eigenvalue weighted by molar-refractivity contribution is -0.121. The molecule has 0 aliphatic carbocycles. The van der Waals surface area contributed by atoms with E-state index in [2.05, 4.69) is 4.74 Å². The molecule has 1 atom stereocenters. The summed E-state index contributed by atoms with van der Waals surface area (Å²) in [6.45, 7) is 3.99. The fraction of sp³-hybridized carbons (Fsp3) is 0.400. The topological polar surface area (TPSA) is 63.7 Å². The second kappa shape index (κ2) is 6.30. The van der Waals surface area contributed by atoms with Crippen molar-refractivity contribution in [1.29, 1.82) is 0 Å². The third-order valence-corrected chi connectivity index (χ3v) is 4.33. The zero-order valence-corrected chi connectivity index (χ0v) is 13.0. The molecule has 6 heteroatoms. The fourth-order valence-electron chi connectivity index (χ4n) is 2.17. The van der Waals surface area contributed by atoms with Crippen LogP contribution in [0, 0.1) is 0 Å². The van der Waals surface area contributed by atoms with Gasteiger partial charge in [0.05, 0.1) is 23.6 Å². The zero-order valence-electron chi connectivity index (χ0n) is 12.2. The predicted octanol–water partition coefficient (Wildman–Crippen LogP) is 2.25. The second-order valence-electron chi connectivity index (χ2n) is 4.98. The largest absolute Gasteiger partial charge is 0.465 e. The van der Waals surface area contributed by atoms with Crippen molar-refractivity contribution in [1.82, 2.24) is 0 Å². The van der Waals surface area contributed by atoms with Crippen LogP contribution in [0.1, 0.15) is 30.6 Å². The van der Waals surface area contributed by atoms with Gasteiger partial charge in [0.25, 0.3) is 0 Å². The number of hydrogen-bond acceptors (Lipinski definition) is 5. The molecule has 2 rings (SSSR count). The van der Waals surface area contributed by atoms with Gasteiger partial charge >= 0.3 is 5.97 Å². The SMILES string of the molecule is COC(=O)c1ccc(N2C(=O)CC(SC(C)C)C2=O)cc1. The highest BCUT2D eigenvalue weighted by Gasteiger charge is 2.40. The van der Waals surface area contributed by atoms with Gasteiger partial charge in [0.1, 0.15) is 0 Å². The number of carbonyl (C=O) groups is 3. The molecule has 0 N–H and O–H groups in total. The average Bonchev–Trinajstić information content (AvgIpc) is 2.72. The van der Waals surface area contributed by atoms with Gasteiger partial charge in [-0.15, -0.1) is 11.8 Å². The number of amides is 2. The van der Waals surface area contributed by atoms with Gasteiger partial charge in [0, 0.05) is 6.42 Å². The number of benzene rings is 1. The minimum absolute atomic E-state index is 0.190. The van der Waals surface area contributed by atoms with E-state index in [0.29, 0.717) is 11.3 Å². The number of esters is 1. The molecule has 1 fully saturated rings. The Hall–Kier alpha value is -1.82. The summed E-state index contributed by atoms with van der Waals surface area (Å²) >= 11 is 1.50. The van der Waals surface area contributed by atoms with Crippen molar-refractivity contribution < 1.29 is 19.1 Å². The van der Waals surface area contributed by atoms with E-state index in [-0.39, 0.29) is 28.7 Å². The molecule has 5 nitrogen and oxygen atoms in total. The number of anilines is 1. The molecule has 0 aromatic heterocycles. The van der Waals surface area contributed by atoms with Crippen molar-refractivity contribution in [2.45, 2.75) is 30.8 Å². The van der Waals surface area contributed by atoms with E-state index in [4.69, 9.17) is 0 Å². The van der Waals surface area contributed by atoms with E-state index in [9.17, 15) is 14.4 Å². The first-order valence-corrected chi connectivity index (χ1v) is 7.59. The molecule has 1 saturated heterocycles. The molecule has 1 unspecified atom stereocenters. The summed E-state index contributed by atoms with van der Waals surface area (Å²) < 4.78 is 4.61. The maximum absolute atomic E-state index is 12.3. The number of carbonyl (C=O) groups excluding carboxylic acids is 3. The van der Waals surface area contributed by atoms with Gasteiger partial charge in [-0.05, 0) is 29.5 Å². The molecule has 112 valence electrons. The van der Waals surface area contributed by atoms with Crippen LogP contribution in [-0.2, 0) is 14.3 Å². The Bertz CT molecular complexity index is 568. The number of thioether (sulfide) groups is 1. The monoisotopic (exact) mass is 307 g/mol. The van der Waals surface area contributed by atoms with E-state index >= 15 is 0 Å². The maximum Gasteiger partial charge on any atom is 0.337 e. The first-order valence-electron chi connectivity index (χ1n) is 6.64. The van der Waals surface area contributed by atoms with Crippen molar-refractivity contribution >= 4 is 35.2 Å². The Labute approximate surface area is 127 Å². The highest BCUT2D eigenvalue weighted by molar-refractivity contribution is 8.01. The molecule has 0 saturated carbocycles. The number of nitrogens with zero attached hydrogens (tertiary/aromatic N) is 1. The fourth-order valence-corrected chi connectivity index (χ4v) is 3.29. The Kier molecular flexibility index (Phi) is 4.67. The number of rotatable bonds is 4. The molecule has 1 aromatic carbocycles. The molecule has 21 heavy (non-hydrogen) atoms. The highest BCUT2D eigenvalue weighted by atomic mass is 32.2. The summed E-state index contributed by atoms with van der Waals surface area (Å²) in [5.41, 5.74) is 0.873. The van der Waals surface area contributed by atoms with Crippen LogP contribution < -0.4 is 4.90 Å². The highest BCUT2D eigenvalue weighted by Crippen LogP contribution is 2.31. The first-order chi connectivity index (χ1) is 9.93. The minimum Gasteiger partial charge on any atom is -0.465 e. The van der Waals surface area contributed by atoms with Gasteiger partial charge in [-0.3, -0.25) is 9.59 Å². The molecule has 1 aliphatic heterocycles. The Morgan fingerprint density at radius 3 is 2.43 bits per heavy atom. The van der Waals surface area contributed by atoms with Crippen LogP contribution in [0.4, 0.5) is 5.69 Å². The Balaban J connectivity index is 2.19. The summed E-state index contributed by atoms with van der Waals surface area (Å²) in [6, 6.07) is 6.27. The van der Waals surface area contributed by atoms with Crippen molar-refractivity contribution in [2.24, 2.45) is 0 Å². The second-order valence-corrected chi connectivity index (χ2v) is 6.77. The van der Waals surface area contributed by atoms with Crippen LogP contribution in [0.5, 0.6) is 0 Å². The number of methoxy groups -OCH3 is 1. The van der Waals surface area contributed by atoms with Crippen LogP contribution in [0.2, 0.25) is 0 Å². The van der Waals surface area contributed by atoms with Gasteiger partial charge < -0.3 is 4.74 Å². The predicted molar refractivity (Wildman–Crippen MR) is 81.4 cm³/mol. The Morgan fingerprint density at radius 1 is 1.29 bits per heavy atom. The zero-order chi connectivity index (χ0) is 15.6. The summed E-state index contributed by atoms with van der Waals surface area (Å²) in [5, 5.41) is -0.0359. The van der Waals surface area contributed by atoms with E-state index in [1.165, 1.54) is 23.8 Å². The summed E-state index contributed by atoms with van der Waals surface area (Å²) in [5.74, 6) is -0.845. The summed E-state index contributed by atoms with van der Waals surface area (Å²) in [6.07, 6.45) is 0.223. The smallest absolute Gasteiger partial charge is 0.337 e. The third kappa shape index (κ3) is 3.26. The summed E-state index contributed by atoms with van der Waals surface area (Å²) in [4.78, 5) is 36.9.